The van der Waals surface area contributed by atoms with E-state index in [0.717, 1.165) is 16.8 Å². The summed E-state index contributed by atoms with van der Waals surface area (Å²) in [6, 6.07) is 19.1. The van der Waals surface area contributed by atoms with Gasteiger partial charge in [-0.15, -0.1) is 0 Å². The van der Waals surface area contributed by atoms with Crippen molar-refractivity contribution < 1.29 is 0 Å². The minimum absolute atomic E-state index is 0.877. The molecule has 1 heteroatoms. The maximum absolute atomic E-state index is 6.27. The largest absolute Gasteiger partial charge is 0.398 e. The molecule has 94 valence electrons. The Bertz CT molecular complexity index is 751. The van der Waals surface area contributed by atoms with Crippen molar-refractivity contribution in [3.8, 4) is 11.1 Å². The average Bonchev–Trinajstić information content (AvgIpc) is 2.42. The van der Waals surface area contributed by atoms with Crippen molar-refractivity contribution in [1.29, 1.82) is 0 Å². The molecule has 0 amide bonds. The van der Waals surface area contributed by atoms with Crippen LogP contribution < -0.4 is 5.73 Å². The van der Waals surface area contributed by atoms with Gasteiger partial charge in [0.05, 0.1) is 0 Å². The molecule has 0 aliphatic heterocycles. The van der Waals surface area contributed by atoms with Crippen molar-refractivity contribution in [2.24, 2.45) is 0 Å². The van der Waals surface area contributed by atoms with E-state index in [1.807, 2.05) is 0 Å². The second-order valence-corrected chi connectivity index (χ2v) is 5.07. The van der Waals surface area contributed by atoms with Gasteiger partial charge in [-0.2, -0.15) is 0 Å². The van der Waals surface area contributed by atoms with Crippen LogP contribution in [0, 0.1) is 13.8 Å². The van der Waals surface area contributed by atoms with Crippen LogP contribution in [0.15, 0.2) is 54.6 Å². The van der Waals surface area contributed by atoms with Crippen molar-refractivity contribution in [2.75, 3.05) is 5.73 Å². The Labute approximate surface area is 113 Å². The summed E-state index contributed by atoms with van der Waals surface area (Å²) in [5.74, 6) is 0. The number of rotatable bonds is 1. The predicted octanol–water partition coefficient (Wildman–Crippen LogP) is 4.71. The zero-order chi connectivity index (χ0) is 13.4. The molecular weight excluding hydrogens is 230 g/mol. The van der Waals surface area contributed by atoms with Gasteiger partial charge >= 0.3 is 0 Å². The summed E-state index contributed by atoms with van der Waals surface area (Å²) in [6.45, 7) is 4.18. The van der Waals surface area contributed by atoms with Gasteiger partial charge in [-0.05, 0) is 41.8 Å². The lowest BCUT2D eigenvalue weighted by Crippen LogP contribution is -1.95. The first-order chi connectivity index (χ1) is 9.16. The summed E-state index contributed by atoms with van der Waals surface area (Å²) < 4.78 is 0. The van der Waals surface area contributed by atoms with Gasteiger partial charge in [0.2, 0.25) is 0 Å². The van der Waals surface area contributed by atoms with Crippen LogP contribution in [0.1, 0.15) is 11.1 Å². The van der Waals surface area contributed by atoms with Crippen molar-refractivity contribution >= 4 is 16.5 Å². The van der Waals surface area contributed by atoms with E-state index in [1.54, 1.807) is 0 Å². The third-order valence-electron chi connectivity index (χ3n) is 3.61. The first kappa shape index (κ1) is 11.8. The molecule has 1 nitrogen and oxygen atoms in total. The molecule has 0 saturated heterocycles. The minimum atomic E-state index is 0.877. The fraction of sp³-hybridized carbons (Fsp3) is 0.111. The summed E-state index contributed by atoms with van der Waals surface area (Å²) in [4.78, 5) is 0. The number of nitrogens with two attached hydrogens (primary N) is 1. The number of anilines is 1. The Hall–Kier alpha value is -2.28. The Morgan fingerprint density at radius 1 is 0.789 bits per heavy atom. The molecule has 0 aliphatic rings. The molecule has 0 heterocycles. The maximum atomic E-state index is 6.27. The molecular formula is C18H17N. The van der Waals surface area contributed by atoms with Crippen molar-refractivity contribution in [1.82, 2.24) is 0 Å². The van der Waals surface area contributed by atoms with Crippen molar-refractivity contribution in [3.05, 3.63) is 65.7 Å². The van der Waals surface area contributed by atoms with Crippen molar-refractivity contribution in [2.45, 2.75) is 13.8 Å². The summed E-state index contributed by atoms with van der Waals surface area (Å²) in [5.41, 5.74) is 11.9. The standard InChI is InChI=1S/C18H17N/c1-12-10-13(2)18(19)17(11-12)16-9-5-7-14-6-3-4-8-15(14)16/h3-11H,19H2,1-2H3. The van der Waals surface area contributed by atoms with Gasteiger partial charge in [0.1, 0.15) is 0 Å². The van der Waals surface area contributed by atoms with Gasteiger partial charge < -0.3 is 5.73 Å². The first-order valence-electron chi connectivity index (χ1n) is 6.51. The molecule has 0 fully saturated rings. The van der Waals surface area contributed by atoms with Crippen LogP contribution in [-0.2, 0) is 0 Å². The first-order valence-corrected chi connectivity index (χ1v) is 6.51. The molecule has 0 unspecified atom stereocenters. The molecule has 3 rings (SSSR count). The van der Waals surface area contributed by atoms with E-state index in [9.17, 15) is 0 Å². The van der Waals surface area contributed by atoms with Crippen molar-refractivity contribution in [3.63, 3.8) is 0 Å². The SMILES string of the molecule is Cc1cc(C)c(N)c(-c2cccc3ccccc23)c1. The highest BCUT2D eigenvalue weighted by Gasteiger charge is 2.09. The highest BCUT2D eigenvalue weighted by Crippen LogP contribution is 2.34. The number of hydrogen-bond acceptors (Lipinski definition) is 1. The molecule has 0 aromatic heterocycles. The molecule has 0 atom stereocenters. The minimum Gasteiger partial charge on any atom is -0.398 e. The third kappa shape index (κ3) is 1.97. The smallest absolute Gasteiger partial charge is 0.0423 e. The fourth-order valence-electron chi connectivity index (χ4n) is 2.66. The van der Waals surface area contributed by atoms with Crippen LogP contribution in [0.5, 0.6) is 0 Å². The van der Waals surface area contributed by atoms with Crippen LogP contribution in [0.3, 0.4) is 0 Å². The Kier molecular flexibility index (Phi) is 2.75. The molecule has 2 N–H and O–H groups in total. The maximum Gasteiger partial charge on any atom is 0.0423 e. The predicted molar refractivity (Wildman–Crippen MR) is 83.3 cm³/mol. The average molecular weight is 247 g/mol. The number of benzene rings is 3. The van der Waals surface area contributed by atoms with Gasteiger partial charge in [0.25, 0.3) is 0 Å². The van der Waals surface area contributed by atoms with E-state index >= 15 is 0 Å². The summed E-state index contributed by atoms with van der Waals surface area (Å²) in [6.07, 6.45) is 0. The molecule has 0 radical (unpaired) electrons. The lowest BCUT2D eigenvalue weighted by atomic mass is 9.94. The van der Waals surface area contributed by atoms with E-state index < -0.39 is 0 Å². The molecule has 3 aromatic rings. The van der Waals surface area contributed by atoms with E-state index in [-0.39, 0.29) is 0 Å². The monoisotopic (exact) mass is 247 g/mol. The Morgan fingerprint density at radius 2 is 1.53 bits per heavy atom. The van der Waals surface area contributed by atoms with Crippen LogP contribution >= 0.6 is 0 Å². The quantitative estimate of drug-likeness (QED) is 0.619. The van der Waals surface area contributed by atoms with Gasteiger partial charge in [-0.3, -0.25) is 0 Å². The van der Waals surface area contributed by atoms with Crippen LogP contribution in [0.4, 0.5) is 5.69 Å². The molecule has 3 aromatic carbocycles. The lowest BCUT2D eigenvalue weighted by Gasteiger charge is -2.13. The van der Waals surface area contributed by atoms with Crippen LogP contribution in [-0.4, -0.2) is 0 Å². The summed E-state index contributed by atoms with van der Waals surface area (Å²) in [5, 5.41) is 2.50. The molecule has 0 aliphatic carbocycles. The van der Waals surface area contributed by atoms with E-state index in [0.29, 0.717) is 0 Å². The normalized spacial score (nSPS) is 10.8. The highest BCUT2D eigenvalue weighted by molar-refractivity contribution is 5.99. The number of hydrogen-bond donors (Lipinski definition) is 1. The third-order valence-corrected chi connectivity index (χ3v) is 3.61. The topological polar surface area (TPSA) is 26.0 Å². The van der Waals surface area contributed by atoms with E-state index in [1.165, 1.54) is 21.9 Å². The van der Waals surface area contributed by atoms with E-state index in [4.69, 9.17) is 5.73 Å². The van der Waals surface area contributed by atoms with Gasteiger partial charge in [0.15, 0.2) is 0 Å². The number of fused-ring (bicyclic) bond motifs is 1. The highest BCUT2D eigenvalue weighted by atomic mass is 14.6. The second kappa shape index (κ2) is 4.43. The van der Waals surface area contributed by atoms with Gasteiger partial charge in [-0.25, -0.2) is 0 Å². The Morgan fingerprint density at radius 3 is 2.37 bits per heavy atom. The van der Waals surface area contributed by atoms with Gasteiger partial charge in [-0.1, -0.05) is 54.1 Å². The Balaban J connectivity index is 2.37. The van der Waals surface area contributed by atoms with E-state index in [2.05, 4.69) is 68.4 Å². The molecule has 0 spiro atoms. The van der Waals surface area contributed by atoms with Gasteiger partial charge in [0, 0.05) is 11.3 Å². The summed E-state index contributed by atoms with van der Waals surface area (Å²) in [7, 11) is 0. The number of nitrogen functional groups attached to an aromatic ring is 1. The molecule has 0 saturated carbocycles. The fourth-order valence-corrected chi connectivity index (χ4v) is 2.66. The summed E-state index contributed by atoms with van der Waals surface area (Å²) >= 11 is 0. The number of aryl methyl sites for hydroxylation is 2. The van der Waals surface area contributed by atoms with Crippen LogP contribution in [0.25, 0.3) is 21.9 Å². The second-order valence-electron chi connectivity index (χ2n) is 5.07. The zero-order valence-corrected chi connectivity index (χ0v) is 11.3. The molecule has 0 bridgehead atoms. The molecule has 19 heavy (non-hydrogen) atoms. The zero-order valence-electron chi connectivity index (χ0n) is 11.3. The lowest BCUT2D eigenvalue weighted by molar-refractivity contribution is 1.39. The van der Waals surface area contributed by atoms with Crippen LogP contribution in [0.2, 0.25) is 0 Å².